The topological polar surface area (TPSA) is 48.0 Å². The molecule has 1 aliphatic heterocycles. The third kappa shape index (κ3) is 9.24. The molecule has 1 atom stereocenters. The molecule has 0 saturated carbocycles. The molecule has 31 heavy (non-hydrogen) atoms. The van der Waals surface area contributed by atoms with E-state index in [0.717, 1.165) is 44.1 Å². The van der Waals surface area contributed by atoms with E-state index in [-0.39, 0.29) is 23.8 Å². The number of piperidine rings is 1. The Morgan fingerprint density at radius 3 is 2.45 bits per heavy atom. The van der Waals surface area contributed by atoms with Crippen LogP contribution in [-0.4, -0.2) is 48.0 Å². The summed E-state index contributed by atoms with van der Waals surface area (Å²) in [5.41, 5.74) is 1.51. The highest BCUT2D eigenvalue weighted by atomic mass is 16.6. The fraction of sp³-hybridized carbons (Fsp3) is 0.720. The monoisotopic (exact) mass is 431 g/mol. The van der Waals surface area contributed by atoms with Crippen LogP contribution in [-0.2, 0) is 20.5 Å². The smallest absolute Gasteiger partial charge is 0.444 e. The second-order valence-electron chi connectivity index (χ2n) is 10.9. The van der Waals surface area contributed by atoms with Crippen LogP contribution < -0.4 is 5.46 Å². The zero-order chi connectivity index (χ0) is 23.2. The molecule has 1 heterocycles. The van der Waals surface area contributed by atoms with Gasteiger partial charge in [-0.05, 0) is 98.5 Å². The summed E-state index contributed by atoms with van der Waals surface area (Å²) in [6.07, 6.45) is 4.96. The Bertz CT molecular complexity index is 708. The van der Waals surface area contributed by atoms with E-state index < -0.39 is 12.7 Å². The zero-order valence-electron chi connectivity index (χ0n) is 20.9. The van der Waals surface area contributed by atoms with Gasteiger partial charge in [-0.1, -0.05) is 24.3 Å². The standard InChI is InChI=1S/C25H42BNO4/c1-19(2)30-26(31-25(6,7)8)21-13-11-12-20(18-21)15-16-22-14-9-10-17-27(22)23(28)29-24(3,4)5/h11-13,18-19,22H,9-10,14-17H2,1-8H3. The van der Waals surface area contributed by atoms with E-state index in [1.165, 1.54) is 5.56 Å². The van der Waals surface area contributed by atoms with Gasteiger partial charge in [-0.25, -0.2) is 4.79 Å². The largest absolute Gasteiger partial charge is 0.494 e. The SMILES string of the molecule is CC(C)OB(OC(C)(C)C)c1cccc(CCC2CCCCN2C(=O)OC(C)(C)C)c1. The summed E-state index contributed by atoms with van der Waals surface area (Å²) in [6, 6.07) is 8.68. The molecule has 2 rings (SSSR count). The molecule has 1 fully saturated rings. The van der Waals surface area contributed by atoms with Crippen LogP contribution >= 0.6 is 0 Å². The van der Waals surface area contributed by atoms with E-state index >= 15 is 0 Å². The van der Waals surface area contributed by atoms with Crippen LogP contribution in [0, 0.1) is 0 Å². The van der Waals surface area contributed by atoms with Crippen LogP contribution in [0.3, 0.4) is 0 Å². The number of amides is 1. The van der Waals surface area contributed by atoms with Gasteiger partial charge in [0.1, 0.15) is 5.60 Å². The summed E-state index contributed by atoms with van der Waals surface area (Å²) in [5, 5.41) is 0. The van der Waals surface area contributed by atoms with Crippen molar-refractivity contribution in [2.75, 3.05) is 6.54 Å². The van der Waals surface area contributed by atoms with Crippen molar-refractivity contribution in [3.63, 3.8) is 0 Å². The van der Waals surface area contributed by atoms with Crippen molar-refractivity contribution in [3.8, 4) is 0 Å². The summed E-state index contributed by atoms with van der Waals surface area (Å²) < 4.78 is 17.9. The van der Waals surface area contributed by atoms with Gasteiger partial charge < -0.3 is 18.9 Å². The minimum atomic E-state index is -0.466. The molecule has 1 aromatic rings. The second kappa shape index (κ2) is 10.9. The molecule has 0 bridgehead atoms. The Morgan fingerprint density at radius 2 is 1.84 bits per heavy atom. The number of ether oxygens (including phenoxy) is 1. The van der Waals surface area contributed by atoms with Crippen molar-refractivity contribution in [3.05, 3.63) is 29.8 Å². The summed E-state index contributed by atoms with van der Waals surface area (Å²) >= 11 is 0. The molecule has 0 spiro atoms. The Morgan fingerprint density at radius 1 is 1.13 bits per heavy atom. The van der Waals surface area contributed by atoms with Crippen LogP contribution in [0.25, 0.3) is 0 Å². The van der Waals surface area contributed by atoms with Gasteiger partial charge in [0.15, 0.2) is 0 Å². The summed E-state index contributed by atoms with van der Waals surface area (Å²) in [5.74, 6) is 0. The Kier molecular flexibility index (Phi) is 9.02. The normalized spacial score (nSPS) is 17.7. The van der Waals surface area contributed by atoms with E-state index in [1.807, 2.05) is 60.3 Å². The molecule has 6 heteroatoms. The van der Waals surface area contributed by atoms with Gasteiger partial charge in [0.25, 0.3) is 0 Å². The molecule has 1 aliphatic rings. The average molecular weight is 431 g/mol. The fourth-order valence-electron chi connectivity index (χ4n) is 3.83. The molecule has 1 amide bonds. The van der Waals surface area contributed by atoms with Crippen LogP contribution in [0.15, 0.2) is 24.3 Å². The molecule has 0 N–H and O–H groups in total. The van der Waals surface area contributed by atoms with Crippen molar-refractivity contribution >= 4 is 18.7 Å². The van der Waals surface area contributed by atoms with Gasteiger partial charge in [0, 0.05) is 24.3 Å². The zero-order valence-corrected chi connectivity index (χ0v) is 20.9. The van der Waals surface area contributed by atoms with E-state index in [2.05, 4.69) is 24.3 Å². The first-order valence-electron chi connectivity index (χ1n) is 11.8. The van der Waals surface area contributed by atoms with Gasteiger partial charge in [-0.2, -0.15) is 0 Å². The lowest BCUT2D eigenvalue weighted by Crippen LogP contribution is -2.46. The average Bonchev–Trinajstić information content (AvgIpc) is 2.63. The van der Waals surface area contributed by atoms with Crippen molar-refractivity contribution in [1.82, 2.24) is 4.90 Å². The van der Waals surface area contributed by atoms with Crippen molar-refractivity contribution in [1.29, 1.82) is 0 Å². The van der Waals surface area contributed by atoms with Crippen molar-refractivity contribution in [2.24, 2.45) is 0 Å². The number of nitrogens with zero attached hydrogens (tertiary/aromatic N) is 1. The Balaban J connectivity index is 2.07. The maximum Gasteiger partial charge on any atom is 0.494 e. The highest BCUT2D eigenvalue weighted by Crippen LogP contribution is 2.24. The van der Waals surface area contributed by atoms with E-state index in [0.29, 0.717) is 0 Å². The van der Waals surface area contributed by atoms with Crippen LogP contribution in [0.2, 0.25) is 0 Å². The van der Waals surface area contributed by atoms with Crippen molar-refractivity contribution < 1.29 is 18.8 Å². The number of hydrogen-bond acceptors (Lipinski definition) is 4. The lowest BCUT2D eigenvalue weighted by Gasteiger charge is -2.37. The first-order chi connectivity index (χ1) is 14.3. The number of carbonyl (C=O) groups excluding carboxylic acids is 1. The van der Waals surface area contributed by atoms with Crippen LogP contribution in [0.5, 0.6) is 0 Å². The van der Waals surface area contributed by atoms with Gasteiger partial charge in [0.05, 0.1) is 0 Å². The quantitative estimate of drug-likeness (QED) is 0.547. The fourth-order valence-corrected chi connectivity index (χ4v) is 3.83. The van der Waals surface area contributed by atoms with Gasteiger partial charge in [-0.15, -0.1) is 0 Å². The molecular weight excluding hydrogens is 389 g/mol. The number of aryl methyl sites for hydroxylation is 1. The third-order valence-corrected chi connectivity index (χ3v) is 5.10. The summed E-state index contributed by atoms with van der Waals surface area (Å²) in [4.78, 5) is 14.6. The molecule has 1 aromatic carbocycles. The second-order valence-corrected chi connectivity index (χ2v) is 10.9. The Hall–Kier alpha value is -1.53. The number of hydrogen-bond donors (Lipinski definition) is 0. The number of carbonyl (C=O) groups is 1. The molecule has 1 unspecified atom stereocenters. The molecule has 0 aromatic heterocycles. The lowest BCUT2D eigenvalue weighted by atomic mass is 9.76. The maximum atomic E-state index is 12.7. The summed E-state index contributed by atoms with van der Waals surface area (Å²) in [7, 11) is -0.395. The maximum absolute atomic E-state index is 12.7. The van der Waals surface area contributed by atoms with Gasteiger partial charge >= 0.3 is 13.2 Å². The van der Waals surface area contributed by atoms with Gasteiger partial charge in [0.2, 0.25) is 0 Å². The number of likely N-dealkylation sites (tertiary alicyclic amines) is 1. The first kappa shape index (κ1) is 25.7. The highest BCUT2D eigenvalue weighted by molar-refractivity contribution is 6.61. The Labute approximate surface area is 190 Å². The first-order valence-corrected chi connectivity index (χ1v) is 11.8. The molecular formula is C25H42BNO4. The molecule has 174 valence electrons. The van der Waals surface area contributed by atoms with E-state index in [9.17, 15) is 4.79 Å². The van der Waals surface area contributed by atoms with Crippen molar-refractivity contribution in [2.45, 2.75) is 111 Å². The van der Waals surface area contributed by atoms with E-state index in [4.69, 9.17) is 14.0 Å². The van der Waals surface area contributed by atoms with E-state index in [1.54, 1.807) is 0 Å². The van der Waals surface area contributed by atoms with Gasteiger partial charge in [-0.3, -0.25) is 0 Å². The lowest BCUT2D eigenvalue weighted by molar-refractivity contribution is 0.00890. The minimum absolute atomic E-state index is 0.0700. The summed E-state index contributed by atoms with van der Waals surface area (Å²) in [6.45, 7) is 16.7. The third-order valence-electron chi connectivity index (χ3n) is 5.10. The predicted octanol–water partition coefficient (Wildman–Crippen LogP) is 5.34. The molecule has 1 saturated heterocycles. The predicted molar refractivity (Wildman–Crippen MR) is 128 cm³/mol. The number of rotatable bonds is 7. The van der Waals surface area contributed by atoms with Crippen LogP contribution in [0.4, 0.5) is 4.79 Å². The molecule has 5 nitrogen and oxygen atoms in total. The molecule has 0 radical (unpaired) electrons. The minimum Gasteiger partial charge on any atom is -0.444 e. The highest BCUT2D eigenvalue weighted by Gasteiger charge is 2.31. The number of benzene rings is 1. The van der Waals surface area contributed by atoms with Crippen LogP contribution in [0.1, 0.15) is 86.6 Å². The molecule has 0 aliphatic carbocycles.